The standard InChI is InChI=1S/C13H17BrClNO/c1-13(2)6-5-10(17-13)8-16-9-3-4-12(15)11(14)7-9/h3-4,7,10,16H,5-6,8H2,1-2H3. The number of anilines is 1. The molecule has 0 saturated carbocycles. The molecule has 1 aliphatic rings. The Morgan fingerprint density at radius 1 is 1.53 bits per heavy atom. The third-order valence-corrected chi connectivity index (χ3v) is 4.22. The predicted octanol–water partition coefficient (Wildman–Crippen LogP) is 4.47. The number of benzene rings is 1. The fourth-order valence-electron chi connectivity index (χ4n) is 2.06. The van der Waals surface area contributed by atoms with Gasteiger partial charge >= 0.3 is 0 Å². The van der Waals surface area contributed by atoms with Gasteiger partial charge in [0.15, 0.2) is 0 Å². The van der Waals surface area contributed by atoms with Crippen molar-refractivity contribution in [2.45, 2.75) is 38.4 Å². The molecular weight excluding hydrogens is 302 g/mol. The fraction of sp³-hybridized carbons (Fsp3) is 0.538. The minimum atomic E-state index is 0.0346. The van der Waals surface area contributed by atoms with Crippen LogP contribution in [0.25, 0.3) is 0 Å². The highest BCUT2D eigenvalue weighted by Gasteiger charge is 2.31. The summed E-state index contributed by atoms with van der Waals surface area (Å²) in [6.45, 7) is 5.13. The van der Waals surface area contributed by atoms with Gasteiger partial charge in [-0.15, -0.1) is 0 Å². The van der Waals surface area contributed by atoms with Crippen LogP contribution in [0.15, 0.2) is 22.7 Å². The van der Waals surface area contributed by atoms with Gasteiger partial charge in [0.2, 0.25) is 0 Å². The number of hydrogen-bond donors (Lipinski definition) is 1. The number of ether oxygens (including phenoxy) is 1. The first-order valence-corrected chi connectivity index (χ1v) is 7.00. The van der Waals surface area contributed by atoms with Crippen molar-refractivity contribution in [3.05, 3.63) is 27.7 Å². The second kappa shape index (κ2) is 5.17. The molecule has 4 heteroatoms. The SMILES string of the molecule is CC1(C)CCC(CNc2ccc(Cl)c(Br)c2)O1. The average Bonchev–Trinajstić information content (AvgIpc) is 2.60. The number of hydrogen-bond acceptors (Lipinski definition) is 2. The zero-order chi connectivity index (χ0) is 12.5. The van der Waals surface area contributed by atoms with E-state index in [0.29, 0.717) is 6.10 Å². The molecule has 0 amide bonds. The van der Waals surface area contributed by atoms with Crippen molar-refractivity contribution in [3.8, 4) is 0 Å². The second-order valence-corrected chi connectivity index (χ2v) is 6.31. The van der Waals surface area contributed by atoms with Crippen LogP contribution >= 0.6 is 27.5 Å². The molecule has 0 bridgehead atoms. The quantitative estimate of drug-likeness (QED) is 0.887. The summed E-state index contributed by atoms with van der Waals surface area (Å²) in [5.41, 5.74) is 1.10. The lowest BCUT2D eigenvalue weighted by atomic mass is 10.1. The summed E-state index contributed by atoms with van der Waals surface area (Å²) in [6, 6.07) is 5.85. The molecule has 0 radical (unpaired) electrons. The summed E-state index contributed by atoms with van der Waals surface area (Å²) in [7, 11) is 0. The topological polar surface area (TPSA) is 21.3 Å². The van der Waals surface area contributed by atoms with Crippen LogP contribution in [0.5, 0.6) is 0 Å². The summed E-state index contributed by atoms with van der Waals surface area (Å²) in [4.78, 5) is 0. The molecule has 1 fully saturated rings. The van der Waals surface area contributed by atoms with Gasteiger partial charge in [-0.1, -0.05) is 11.6 Å². The molecule has 94 valence electrons. The first-order valence-electron chi connectivity index (χ1n) is 5.83. The minimum Gasteiger partial charge on any atom is -0.382 e. The molecular formula is C13H17BrClNO. The van der Waals surface area contributed by atoms with Gasteiger partial charge in [0.25, 0.3) is 0 Å². The molecule has 0 aliphatic carbocycles. The molecule has 1 aromatic carbocycles. The average molecular weight is 319 g/mol. The van der Waals surface area contributed by atoms with Crippen LogP contribution in [0.2, 0.25) is 5.02 Å². The Bertz CT molecular complexity index is 408. The van der Waals surface area contributed by atoms with Crippen LogP contribution < -0.4 is 5.32 Å². The van der Waals surface area contributed by atoms with Crippen molar-refractivity contribution in [1.29, 1.82) is 0 Å². The van der Waals surface area contributed by atoms with Crippen molar-refractivity contribution < 1.29 is 4.74 Å². The van der Waals surface area contributed by atoms with E-state index >= 15 is 0 Å². The zero-order valence-corrected chi connectivity index (χ0v) is 12.4. The molecule has 2 nitrogen and oxygen atoms in total. The maximum absolute atomic E-state index is 5.95. The van der Waals surface area contributed by atoms with Crippen LogP contribution in [-0.2, 0) is 4.74 Å². The summed E-state index contributed by atoms with van der Waals surface area (Å²) >= 11 is 9.36. The molecule has 1 atom stereocenters. The molecule has 0 aromatic heterocycles. The van der Waals surface area contributed by atoms with Crippen molar-refractivity contribution in [2.75, 3.05) is 11.9 Å². The predicted molar refractivity (Wildman–Crippen MR) is 75.8 cm³/mol. The lowest BCUT2D eigenvalue weighted by Crippen LogP contribution is -2.24. The first kappa shape index (κ1) is 13.2. The van der Waals surface area contributed by atoms with E-state index in [2.05, 4.69) is 35.1 Å². The van der Waals surface area contributed by atoms with Crippen molar-refractivity contribution >= 4 is 33.2 Å². The van der Waals surface area contributed by atoms with Crippen LogP contribution in [0, 0.1) is 0 Å². The highest BCUT2D eigenvalue weighted by molar-refractivity contribution is 9.10. The highest BCUT2D eigenvalue weighted by Crippen LogP contribution is 2.30. The van der Waals surface area contributed by atoms with Crippen molar-refractivity contribution in [2.24, 2.45) is 0 Å². The molecule has 1 aliphatic heterocycles. The molecule has 2 rings (SSSR count). The Kier molecular flexibility index (Phi) is 4.01. The van der Waals surface area contributed by atoms with Crippen LogP contribution in [0.1, 0.15) is 26.7 Å². The molecule has 1 aromatic rings. The normalized spacial score (nSPS) is 22.7. The molecule has 1 unspecified atom stereocenters. The Balaban J connectivity index is 1.88. The lowest BCUT2D eigenvalue weighted by Gasteiger charge is -2.19. The third-order valence-electron chi connectivity index (χ3n) is 3.01. The molecule has 17 heavy (non-hydrogen) atoms. The largest absolute Gasteiger partial charge is 0.382 e. The van der Waals surface area contributed by atoms with Gasteiger partial charge in [-0.25, -0.2) is 0 Å². The van der Waals surface area contributed by atoms with E-state index in [0.717, 1.165) is 34.6 Å². The van der Waals surface area contributed by atoms with Gasteiger partial charge in [-0.2, -0.15) is 0 Å². The summed E-state index contributed by atoms with van der Waals surface area (Å²) < 4.78 is 6.84. The zero-order valence-electron chi connectivity index (χ0n) is 10.1. The van der Waals surface area contributed by atoms with Gasteiger partial charge < -0.3 is 10.1 Å². The summed E-state index contributed by atoms with van der Waals surface area (Å²) in [5.74, 6) is 0. The van der Waals surface area contributed by atoms with Crippen LogP contribution in [0.4, 0.5) is 5.69 Å². The maximum Gasteiger partial charge on any atom is 0.0755 e. The van der Waals surface area contributed by atoms with E-state index in [1.54, 1.807) is 0 Å². The Morgan fingerprint density at radius 3 is 2.88 bits per heavy atom. The monoisotopic (exact) mass is 317 g/mol. The highest BCUT2D eigenvalue weighted by atomic mass is 79.9. The Hall–Kier alpha value is -0.250. The number of rotatable bonds is 3. The first-order chi connectivity index (χ1) is 7.96. The van der Waals surface area contributed by atoms with Crippen molar-refractivity contribution in [1.82, 2.24) is 0 Å². The second-order valence-electron chi connectivity index (χ2n) is 5.05. The van der Waals surface area contributed by atoms with E-state index in [9.17, 15) is 0 Å². The smallest absolute Gasteiger partial charge is 0.0755 e. The van der Waals surface area contributed by atoms with Gasteiger partial charge in [-0.3, -0.25) is 0 Å². The number of nitrogens with one attached hydrogen (secondary N) is 1. The van der Waals surface area contributed by atoms with Crippen LogP contribution in [0.3, 0.4) is 0 Å². The van der Waals surface area contributed by atoms with E-state index in [4.69, 9.17) is 16.3 Å². The van der Waals surface area contributed by atoms with E-state index in [1.807, 2.05) is 18.2 Å². The summed E-state index contributed by atoms with van der Waals surface area (Å²) in [6.07, 6.45) is 2.55. The van der Waals surface area contributed by atoms with E-state index in [1.165, 1.54) is 0 Å². The lowest BCUT2D eigenvalue weighted by molar-refractivity contribution is -0.00910. The molecule has 1 N–H and O–H groups in total. The molecule has 1 saturated heterocycles. The van der Waals surface area contributed by atoms with Crippen molar-refractivity contribution in [3.63, 3.8) is 0 Å². The summed E-state index contributed by atoms with van der Waals surface area (Å²) in [5, 5.41) is 4.11. The van der Waals surface area contributed by atoms with Crippen LogP contribution in [-0.4, -0.2) is 18.2 Å². The van der Waals surface area contributed by atoms with Gasteiger partial charge in [-0.05, 0) is 60.8 Å². The van der Waals surface area contributed by atoms with Gasteiger partial charge in [0, 0.05) is 16.7 Å². The minimum absolute atomic E-state index is 0.0346. The Morgan fingerprint density at radius 2 is 2.29 bits per heavy atom. The van der Waals surface area contributed by atoms with E-state index < -0.39 is 0 Å². The number of halogens is 2. The van der Waals surface area contributed by atoms with Gasteiger partial charge in [0.1, 0.15) is 0 Å². The van der Waals surface area contributed by atoms with Gasteiger partial charge in [0.05, 0.1) is 16.7 Å². The third kappa shape index (κ3) is 3.60. The Labute approximate surface area is 116 Å². The molecule has 1 heterocycles. The molecule has 0 spiro atoms. The fourth-order valence-corrected chi connectivity index (χ4v) is 2.56. The maximum atomic E-state index is 5.95. The van der Waals surface area contributed by atoms with E-state index in [-0.39, 0.29) is 5.60 Å².